The van der Waals surface area contributed by atoms with Crippen LogP contribution in [0.2, 0.25) is 0 Å². The molecular weight excluding hydrogens is 138 g/mol. The van der Waals surface area contributed by atoms with E-state index >= 15 is 0 Å². The van der Waals surface area contributed by atoms with Crippen LogP contribution in [-0.2, 0) is 4.79 Å². The molecule has 60 valence electrons. The van der Waals surface area contributed by atoms with Crippen LogP contribution in [0.15, 0.2) is 24.3 Å². The second-order valence-electron chi connectivity index (χ2n) is 2.12. The van der Waals surface area contributed by atoms with Gasteiger partial charge in [-0.3, -0.25) is 0 Å². The molecule has 0 spiro atoms. The number of aryl methyl sites for hydroxylation is 1. The van der Waals surface area contributed by atoms with Gasteiger partial charge in [0.1, 0.15) is 6.79 Å². The van der Waals surface area contributed by atoms with Crippen molar-refractivity contribution in [2.24, 2.45) is 0 Å². The lowest BCUT2D eigenvalue weighted by molar-refractivity contribution is -0.0979. The van der Waals surface area contributed by atoms with Crippen LogP contribution in [0.3, 0.4) is 0 Å². The Morgan fingerprint density at radius 3 is 2.00 bits per heavy atom. The van der Waals surface area contributed by atoms with E-state index in [9.17, 15) is 0 Å². The van der Waals surface area contributed by atoms with Gasteiger partial charge in [0.2, 0.25) is 0 Å². The number of hydrogen-bond donors (Lipinski definition) is 1. The molecule has 0 saturated carbocycles. The minimum atomic E-state index is 1.17. The maximum absolute atomic E-state index is 8.00. The van der Waals surface area contributed by atoms with Gasteiger partial charge in [-0.1, -0.05) is 17.7 Å². The van der Waals surface area contributed by atoms with Gasteiger partial charge in [0.15, 0.2) is 0 Å². The average molecular weight is 151 g/mol. The van der Waals surface area contributed by atoms with Crippen molar-refractivity contribution >= 4 is 12.5 Å². The zero-order valence-corrected chi connectivity index (χ0v) is 6.92. The van der Waals surface area contributed by atoms with Crippen molar-refractivity contribution in [2.45, 2.75) is 6.92 Å². The van der Waals surface area contributed by atoms with E-state index in [1.165, 1.54) is 11.3 Å². The Balaban J connectivity index is 0.000000461. The van der Waals surface area contributed by atoms with E-state index in [2.05, 4.69) is 36.5 Å². The summed E-state index contributed by atoms with van der Waals surface area (Å²) in [6, 6.07) is 8.31. The molecule has 1 rings (SSSR count). The van der Waals surface area contributed by atoms with Crippen molar-refractivity contribution in [1.29, 1.82) is 0 Å². The molecule has 2 nitrogen and oxygen atoms in total. The van der Waals surface area contributed by atoms with Crippen LogP contribution < -0.4 is 5.32 Å². The number of nitrogens with one attached hydrogen (secondary N) is 1. The predicted molar refractivity (Wildman–Crippen MR) is 47.8 cm³/mol. The quantitative estimate of drug-likeness (QED) is 0.663. The first-order chi connectivity index (χ1) is 5.33. The average Bonchev–Trinajstić information content (AvgIpc) is 2.10. The first-order valence-electron chi connectivity index (χ1n) is 3.36. The number of carbonyl (C=O) groups is 1. The van der Waals surface area contributed by atoms with E-state index in [1.54, 1.807) is 0 Å². The summed E-state index contributed by atoms with van der Waals surface area (Å²) in [6.07, 6.45) is 0. The summed E-state index contributed by atoms with van der Waals surface area (Å²) in [4.78, 5) is 8.00. The van der Waals surface area contributed by atoms with Gasteiger partial charge in [0.05, 0.1) is 0 Å². The summed E-state index contributed by atoms with van der Waals surface area (Å²) in [6.45, 7) is 4.08. The van der Waals surface area contributed by atoms with E-state index < -0.39 is 0 Å². The lowest BCUT2D eigenvalue weighted by atomic mass is 10.2. The first kappa shape index (κ1) is 9.69. The van der Waals surface area contributed by atoms with Crippen molar-refractivity contribution < 1.29 is 4.79 Å². The number of carbonyl (C=O) groups excluding carboxylic acids is 1. The molecule has 0 bridgehead atoms. The fourth-order valence-corrected chi connectivity index (χ4v) is 0.720. The molecular formula is C9H13NO. The van der Waals surface area contributed by atoms with Crippen LogP contribution >= 0.6 is 0 Å². The van der Waals surface area contributed by atoms with Gasteiger partial charge in [-0.25, -0.2) is 0 Å². The van der Waals surface area contributed by atoms with Gasteiger partial charge in [-0.15, -0.1) is 0 Å². The van der Waals surface area contributed by atoms with Gasteiger partial charge in [0.25, 0.3) is 0 Å². The number of benzene rings is 1. The maximum Gasteiger partial charge on any atom is 0.106 e. The van der Waals surface area contributed by atoms with Crippen LogP contribution in [-0.4, -0.2) is 13.8 Å². The van der Waals surface area contributed by atoms with Crippen molar-refractivity contribution in [3.63, 3.8) is 0 Å². The third-order valence-corrected chi connectivity index (χ3v) is 1.34. The zero-order chi connectivity index (χ0) is 8.69. The Morgan fingerprint density at radius 2 is 1.64 bits per heavy atom. The highest BCUT2D eigenvalue weighted by Gasteiger charge is 1.83. The smallest absolute Gasteiger partial charge is 0.106 e. The Kier molecular flexibility index (Phi) is 4.82. The van der Waals surface area contributed by atoms with Crippen molar-refractivity contribution in [3.05, 3.63) is 29.8 Å². The molecule has 0 fully saturated rings. The lowest BCUT2D eigenvalue weighted by Crippen LogP contribution is -1.85. The molecule has 0 aliphatic heterocycles. The van der Waals surface area contributed by atoms with Crippen LogP contribution in [0.1, 0.15) is 5.56 Å². The highest BCUT2D eigenvalue weighted by molar-refractivity contribution is 5.43. The largest absolute Gasteiger partial charge is 0.388 e. The number of anilines is 1. The fourth-order valence-electron chi connectivity index (χ4n) is 0.720. The molecule has 0 saturated heterocycles. The minimum Gasteiger partial charge on any atom is -0.388 e. The Morgan fingerprint density at radius 1 is 1.18 bits per heavy atom. The molecule has 0 aliphatic rings. The molecule has 0 aliphatic carbocycles. The van der Waals surface area contributed by atoms with Gasteiger partial charge >= 0.3 is 0 Å². The second kappa shape index (κ2) is 5.47. The number of hydrogen-bond acceptors (Lipinski definition) is 2. The second-order valence-corrected chi connectivity index (χ2v) is 2.12. The van der Waals surface area contributed by atoms with Gasteiger partial charge < -0.3 is 10.1 Å². The van der Waals surface area contributed by atoms with Crippen molar-refractivity contribution in [2.75, 3.05) is 12.4 Å². The molecule has 0 radical (unpaired) electrons. The topological polar surface area (TPSA) is 29.1 Å². The summed E-state index contributed by atoms with van der Waals surface area (Å²) < 4.78 is 0. The standard InChI is InChI=1S/C8H11N.CH2O/c1-7-3-5-8(9-2)6-4-7;1-2/h3-6,9H,1-2H3;1H2. The van der Waals surface area contributed by atoms with Gasteiger partial charge in [0, 0.05) is 12.7 Å². The maximum atomic E-state index is 8.00. The minimum absolute atomic E-state index is 1.17. The molecule has 11 heavy (non-hydrogen) atoms. The molecule has 0 aromatic heterocycles. The molecule has 2 heteroatoms. The Bertz CT molecular complexity index is 193. The van der Waals surface area contributed by atoms with E-state index in [-0.39, 0.29) is 0 Å². The normalized spacial score (nSPS) is 7.82. The summed E-state index contributed by atoms with van der Waals surface area (Å²) in [5, 5.41) is 3.05. The molecule has 1 N–H and O–H groups in total. The van der Waals surface area contributed by atoms with E-state index in [1.807, 2.05) is 13.8 Å². The van der Waals surface area contributed by atoms with E-state index in [0.717, 1.165) is 0 Å². The van der Waals surface area contributed by atoms with Crippen molar-refractivity contribution in [1.82, 2.24) is 0 Å². The molecule has 1 aromatic carbocycles. The summed E-state index contributed by atoms with van der Waals surface area (Å²) in [7, 11) is 1.92. The van der Waals surface area contributed by atoms with E-state index in [0.29, 0.717) is 0 Å². The monoisotopic (exact) mass is 151 g/mol. The first-order valence-corrected chi connectivity index (χ1v) is 3.36. The highest BCUT2D eigenvalue weighted by Crippen LogP contribution is 2.06. The third-order valence-electron chi connectivity index (χ3n) is 1.34. The Hall–Kier alpha value is -1.31. The number of rotatable bonds is 1. The van der Waals surface area contributed by atoms with Crippen LogP contribution in [0.25, 0.3) is 0 Å². The molecule has 0 heterocycles. The predicted octanol–water partition coefficient (Wildman–Crippen LogP) is 1.85. The van der Waals surface area contributed by atoms with Gasteiger partial charge in [-0.05, 0) is 19.1 Å². The highest BCUT2D eigenvalue weighted by atomic mass is 16.1. The van der Waals surface area contributed by atoms with Crippen LogP contribution in [0.5, 0.6) is 0 Å². The summed E-state index contributed by atoms with van der Waals surface area (Å²) in [5.41, 5.74) is 2.47. The lowest BCUT2D eigenvalue weighted by Gasteiger charge is -1.97. The SMILES string of the molecule is C=O.CNc1ccc(C)cc1. The molecule has 0 unspecified atom stereocenters. The Labute approximate surface area is 67.2 Å². The summed E-state index contributed by atoms with van der Waals surface area (Å²) in [5.74, 6) is 0. The molecule has 0 atom stereocenters. The fraction of sp³-hybridized carbons (Fsp3) is 0.222. The molecule has 0 amide bonds. The molecule has 1 aromatic rings. The van der Waals surface area contributed by atoms with Crippen LogP contribution in [0.4, 0.5) is 5.69 Å². The zero-order valence-electron chi connectivity index (χ0n) is 6.92. The third kappa shape index (κ3) is 3.40. The van der Waals surface area contributed by atoms with Crippen molar-refractivity contribution in [3.8, 4) is 0 Å². The van der Waals surface area contributed by atoms with Crippen LogP contribution in [0, 0.1) is 6.92 Å². The van der Waals surface area contributed by atoms with E-state index in [4.69, 9.17) is 4.79 Å². The van der Waals surface area contributed by atoms with Gasteiger partial charge in [-0.2, -0.15) is 0 Å². The summed E-state index contributed by atoms with van der Waals surface area (Å²) >= 11 is 0.